The van der Waals surface area contributed by atoms with Crippen molar-refractivity contribution in [3.63, 3.8) is 0 Å². The number of piperidine rings is 1. The number of benzene rings is 2. The van der Waals surface area contributed by atoms with Gasteiger partial charge in [0.15, 0.2) is 0 Å². The second-order valence-electron chi connectivity index (χ2n) is 18.0. The Labute approximate surface area is 334 Å². The smallest absolute Gasteiger partial charge is 0.322 e. The van der Waals surface area contributed by atoms with Gasteiger partial charge >= 0.3 is 11.9 Å². The zero-order valence-corrected chi connectivity index (χ0v) is 34.0. The lowest BCUT2D eigenvalue weighted by atomic mass is 9.45. The third-order valence-electron chi connectivity index (χ3n) is 15.7. The summed E-state index contributed by atoms with van der Waals surface area (Å²) in [6.07, 6.45) is 7.04. The number of ether oxygens (including phenoxy) is 3. The van der Waals surface area contributed by atoms with Gasteiger partial charge in [-0.05, 0) is 81.2 Å². The molecule has 1 spiro atoms. The Balaban J connectivity index is 1.38. The number of rotatable bonds is 7. The maximum Gasteiger partial charge on any atom is 0.322 e. The van der Waals surface area contributed by atoms with Gasteiger partial charge < -0.3 is 34.3 Å². The minimum Gasteiger partial charge on any atom is -0.496 e. The molecule has 2 aromatic carbocycles. The number of carbonyl (C=O) groups excluding carboxylic acids is 3. The SMILES string of the molecule is CCC12C=CCN3CC[C@@]4(c5cc([C@@]6(C(=O)OC)CC7CN(CCc8c6[nH]c6ccccc86)C[C@](O)(CC)C7)c(OC)cc5N(C=O)[C@H]4[C@@](C)(C(=O)OC)[C@@H]1O)[C@@H]32. The predicted molar refractivity (Wildman–Crippen MR) is 214 cm³/mol. The highest BCUT2D eigenvalue weighted by atomic mass is 16.5. The van der Waals surface area contributed by atoms with Gasteiger partial charge in [-0.25, -0.2) is 0 Å². The van der Waals surface area contributed by atoms with Crippen LogP contribution in [0.3, 0.4) is 0 Å². The van der Waals surface area contributed by atoms with Crippen LogP contribution in [0, 0.1) is 16.7 Å². The molecule has 10 atom stereocenters. The Morgan fingerprint density at radius 2 is 1.77 bits per heavy atom. The molecule has 6 heterocycles. The number of nitrogens with one attached hydrogen (secondary N) is 1. The van der Waals surface area contributed by atoms with Crippen molar-refractivity contribution in [1.29, 1.82) is 0 Å². The van der Waals surface area contributed by atoms with E-state index in [9.17, 15) is 19.8 Å². The molecule has 2 bridgehead atoms. The van der Waals surface area contributed by atoms with Crippen molar-refractivity contribution in [3.05, 3.63) is 70.9 Å². The van der Waals surface area contributed by atoms with Gasteiger partial charge in [-0.15, -0.1) is 0 Å². The summed E-state index contributed by atoms with van der Waals surface area (Å²) < 4.78 is 17.8. The quantitative estimate of drug-likeness (QED) is 0.181. The van der Waals surface area contributed by atoms with Gasteiger partial charge in [0.25, 0.3) is 0 Å². The largest absolute Gasteiger partial charge is 0.496 e. The summed E-state index contributed by atoms with van der Waals surface area (Å²) in [5.41, 5.74) is -0.838. The van der Waals surface area contributed by atoms with Crippen molar-refractivity contribution in [2.45, 2.75) is 93.9 Å². The summed E-state index contributed by atoms with van der Waals surface area (Å²) in [5.74, 6) is -0.711. The van der Waals surface area contributed by atoms with Crippen LogP contribution in [0.25, 0.3) is 10.9 Å². The molecule has 12 heteroatoms. The van der Waals surface area contributed by atoms with E-state index in [1.54, 1.807) is 18.9 Å². The fraction of sp³-hybridized carbons (Fsp3) is 0.578. The number of fused-ring (bicyclic) bond motifs is 6. The van der Waals surface area contributed by atoms with Gasteiger partial charge in [0.1, 0.15) is 16.6 Å². The van der Waals surface area contributed by atoms with Crippen molar-refractivity contribution in [1.82, 2.24) is 14.8 Å². The lowest BCUT2D eigenvalue weighted by Crippen LogP contribution is -2.77. The number of carbonyl (C=O) groups is 3. The fourth-order valence-corrected chi connectivity index (χ4v) is 13.5. The number of aromatic amines is 1. The summed E-state index contributed by atoms with van der Waals surface area (Å²) in [5, 5.41) is 25.6. The van der Waals surface area contributed by atoms with Gasteiger partial charge in [0, 0.05) is 71.3 Å². The Hall–Kier alpha value is -4.23. The number of H-pyrrole nitrogens is 1. The van der Waals surface area contributed by atoms with Crippen molar-refractivity contribution in [2.24, 2.45) is 16.7 Å². The average Bonchev–Trinajstić information content (AvgIpc) is 3.90. The highest BCUT2D eigenvalue weighted by molar-refractivity contribution is 5.96. The number of amides is 1. The lowest BCUT2D eigenvalue weighted by molar-refractivity contribution is -0.188. The number of nitrogens with zero attached hydrogens (tertiary/aromatic N) is 3. The number of hydrogen-bond acceptors (Lipinski definition) is 10. The van der Waals surface area contributed by atoms with E-state index in [1.807, 2.05) is 31.2 Å². The molecule has 1 saturated carbocycles. The number of aliphatic hydroxyl groups excluding tert-OH is 1. The molecule has 3 aromatic rings. The summed E-state index contributed by atoms with van der Waals surface area (Å²) in [7, 11) is 4.35. The van der Waals surface area contributed by atoms with Crippen LogP contribution in [0.4, 0.5) is 5.69 Å². The van der Waals surface area contributed by atoms with E-state index in [2.05, 4.69) is 46.0 Å². The molecule has 1 aliphatic carbocycles. The molecule has 3 N–H and O–H groups in total. The topological polar surface area (TPSA) is 145 Å². The van der Waals surface area contributed by atoms with Crippen molar-refractivity contribution >= 4 is 34.9 Å². The average molecular weight is 781 g/mol. The fourth-order valence-electron chi connectivity index (χ4n) is 13.5. The van der Waals surface area contributed by atoms with Gasteiger partial charge in [0.2, 0.25) is 6.41 Å². The third-order valence-corrected chi connectivity index (χ3v) is 15.7. The van der Waals surface area contributed by atoms with E-state index >= 15 is 4.79 Å². The van der Waals surface area contributed by atoms with E-state index < -0.39 is 51.3 Å². The highest BCUT2D eigenvalue weighted by Gasteiger charge is 2.78. The number of anilines is 1. The van der Waals surface area contributed by atoms with Crippen molar-refractivity contribution in [3.8, 4) is 5.75 Å². The normalized spacial score (nSPS) is 37.9. The number of para-hydroxylation sites is 1. The summed E-state index contributed by atoms with van der Waals surface area (Å²) in [6, 6.07) is 11.0. The molecular weight excluding hydrogens is 725 g/mol. The standard InChI is InChI=1S/C45H56N4O8/c1-7-42(54)22-27-23-45(40(53)57-6,35-29(14-18-47(24-27)25-42)28-12-9-10-13-32(28)46-35)31-20-30-33(21-34(31)55-4)49(26-50)36-41(3,39(52)56-5)38(51)43(8-2)15-11-17-48-19-16-44(30,36)37(43)48/h9-13,15,20-21,26-27,36-38,46,51,54H,7-8,14,16-19,22-25H2,1-6H3/t27?,36-,37-,38-,41+,42-,43?,44-,45-/m0/s1. The van der Waals surface area contributed by atoms with Crippen LogP contribution in [0.1, 0.15) is 75.3 Å². The van der Waals surface area contributed by atoms with Gasteiger partial charge in [0.05, 0.1) is 44.8 Å². The molecule has 12 nitrogen and oxygen atoms in total. The van der Waals surface area contributed by atoms with Crippen LogP contribution in [0.5, 0.6) is 5.75 Å². The Kier molecular flexibility index (Phi) is 8.83. The third kappa shape index (κ3) is 4.78. The van der Waals surface area contributed by atoms with E-state index in [0.29, 0.717) is 88.2 Å². The molecule has 1 aromatic heterocycles. The van der Waals surface area contributed by atoms with Crippen LogP contribution >= 0.6 is 0 Å². The maximum atomic E-state index is 15.3. The number of methoxy groups -OCH3 is 3. The van der Waals surface area contributed by atoms with Crippen LogP contribution in [-0.4, -0.2) is 121 Å². The van der Waals surface area contributed by atoms with E-state index in [-0.39, 0.29) is 12.0 Å². The Morgan fingerprint density at radius 3 is 2.47 bits per heavy atom. The Bertz CT molecular complexity index is 2190. The molecule has 3 unspecified atom stereocenters. The first-order valence-corrected chi connectivity index (χ1v) is 20.7. The molecule has 2 saturated heterocycles. The van der Waals surface area contributed by atoms with Crippen LogP contribution in [-0.2, 0) is 41.1 Å². The summed E-state index contributed by atoms with van der Waals surface area (Å²) in [6.45, 7) is 9.17. The van der Waals surface area contributed by atoms with Crippen LogP contribution in [0.2, 0.25) is 0 Å². The van der Waals surface area contributed by atoms with E-state index in [1.165, 1.54) is 14.2 Å². The lowest BCUT2D eigenvalue weighted by Gasteiger charge is -2.63. The molecule has 1 amide bonds. The minimum atomic E-state index is -1.52. The molecule has 3 fully saturated rings. The molecule has 9 rings (SSSR count). The van der Waals surface area contributed by atoms with Crippen LogP contribution in [0.15, 0.2) is 48.6 Å². The van der Waals surface area contributed by atoms with Gasteiger partial charge in [-0.2, -0.15) is 0 Å². The molecular formula is C45H56N4O8. The highest BCUT2D eigenvalue weighted by Crippen LogP contribution is 2.69. The van der Waals surface area contributed by atoms with Crippen molar-refractivity contribution < 1.29 is 38.8 Å². The maximum absolute atomic E-state index is 15.3. The number of aromatic nitrogens is 1. The Morgan fingerprint density at radius 1 is 1.00 bits per heavy atom. The first kappa shape index (κ1) is 38.3. The second-order valence-corrected chi connectivity index (χ2v) is 18.0. The number of hydrogen-bond donors (Lipinski definition) is 3. The van der Waals surface area contributed by atoms with E-state index in [0.717, 1.165) is 34.1 Å². The number of esters is 2. The number of aliphatic hydroxyl groups is 2. The monoisotopic (exact) mass is 780 g/mol. The van der Waals surface area contributed by atoms with Gasteiger partial charge in [-0.1, -0.05) is 44.2 Å². The first-order valence-electron chi connectivity index (χ1n) is 20.7. The molecule has 57 heavy (non-hydrogen) atoms. The van der Waals surface area contributed by atoms with Crippen molar-refractivity contribution in [2.75, 3.05) is 59.0 Å². The second kappa shape index (κ2) is 13.1. The predicted octanol–water partition coefficient (Wildman–Crippen LogP) is 4.22. The minimum absolute atomic E-state index is 0.0962. The first-order chi connectivity index (χ1) is 27.4. The molecule has 5 aliphatic heterocycles. The zero-order chi connectivity index (χ0) is 40.3. The molecule has 0 radical (unpaired) electrons. The molecule has 6 aliphatic rings. The summed E-state index contributed by atoms with van der Waals surface area (Å²) >= 11 is 0. The summed E-state index contributed by atoms with van der Waals surface area (Å²) in [4.78, 5) is 53.3. The zero-order valence-electron chi connectivity index (χ0n) is 34.0. The van der Waals surface area contributed by atoms with Crippen LogP contribution < -0.4 is 9.64 Å². The van der Waals surface area contributed by atoms with E-state index in [4.69, 9.17) is 14.2 Å². The molecule has 304 valence electrons. The van der Waals surface area contributed by atoms with Gasteiger partial charge in [-0.3, -0.25) is 24.2 Å².